The molecule has 0 aliphatic carbocycles. The number of carbonyl (C=O) groups is 2. The number of unbranched alkanes of at least 4 members (excludes halogenated alkanes) is 54. The number of carbonyl (C=O) groups excluding carboxylic acids is 2. The highest BCUT2D eigenvalue weighted by Crippen LogP contribution is 2.19. The number of allylic oxidation sites excluding steroid dienone is 7. The third-order valence-electron chi connectivity index (χ3n) is 17.6. The van der Waals surface area contributed by atoms with E-state index in [1.807, 2.05) is 6.08 Å². The van der Waals surface area contributed by atoms with Crippen LogP contribution >= 0.6 is 0 Å². The molecule has 494 valence electrons. The number of hydrogen-bond acceptors (Lipinski definition) is 5. The van der Waals surface area contributed by atoms with Crippen molar-refractivity contribution in [2.45, 2.75) is 424 Å². The number of ether oxygens (including phenoxy) is 1. The lowest BCUT2D eigenvalue weighted by Crippen LogP contribution is -2.45. The van der Waals surface area contributed by atoms with E-state index in [-0.39, 0.29) is 18.5 Å². The second kappa shape index (κ2) is 73.3. The molecule has 0 fully saturated rings. The molecular weight excluding hydrogens is 1030 g/mol. The molecule has 0 aromatic rings. The van der Waals surface area contributed by atoms with Crippen molar-refractivity contribution in [2.24, 2.45) is 0 Å². The van der Waals surface area contributed by atoms with Crippen LogP contribution in [0, 0.1) is 0 Å². The van der Waals surface area contributed by atoms with E-state index in [9.17, 15) is 19.8 Å². The van der Waals surface area contributed by atoms with E-state index in [1.165, 1.54) is 334 Å². The number of nitrogens with one attached hydrogen (secondary N) is 1. The van der Waals surface area contributed by atoms with Gasteiger partial charge in [-0.2, -0.15) is 0 Å². The van der Waals surface area contributed by atoms with Crippen molar-refractivity contribution in [3.63, 3.8) is 0 Å². The molecule has 0 aromatic carbocycles. The largest absolute Gasteiger partial charge is 0.466 e. The minimum absolute atomic E-state index is 0.0124. The van der Waals surface area contributed by atoms with Crippen molar-refractivity contribution < 1.29 is 24.5 Å². The Morgan fingerprint density at radius 2 is 0.595 bits per heavy atom. The minimum atomic E-state index is -0.842. The summed E-state index contributed by atoms with van der Waals surface area (Å²) in [7, 11) is 0. The zero-order valence-corrected chi connectivity index (χ0v) is 56.6. The quantitative estimate of drug-likeness (QED) is 0.0320. The van der Waals surface area contributed by atoms with Crippen LogP contribution in [0.4, 0.5) is 0 Å². The molecule has 2 atom stereocenters. The van der Waals surface area contributed by atoms with Crippen molar-refractivity contribution >= 4 is 11.9 Å². The van der Waals surface area contributed by atoms with Gasteiger partial charge in [-0.15, -0.1) is 0 Å². The number of esters is 1. The molecule has 84 heavy (non-hydrogen) atoms. The Labute approximate surface area is 525 Å². The van der Waals surface area contributed by atoms with E-state index in [0.29, 0.717) is 19.4 Å². The highest BCUT2D eigenvalue weighted by molar-refractivity contribution is 5.76. The van der Waals surface area contributed by atoms with E-state index in [0.717, 1.165) is 51.4 Å². The summed E-state index contributed by atoms with van der Waals surface area (Å²) in [4.78, 5) is 24.6. The van der Waals surface area contributed by atoms with Gasteiger partial charge in [0, 0.05) is 12.8 Å². The molecule has 0 spiro atoms. The molecule has 2 unspecified atom stereocenters. The van der Waals surface area contributed by atoms with Crippen LogP contribution in [-0.4, -0.2) is 47.4 Å². The summed E-state index contributed by atoms with van der Waals surface area (Å²) in [5.41, 5.74) is 0. The molecule has 6 nitrogen and oxygen atoms in total. The molecule has 0 aromatic heterocycles. The van der Waals surface area contributed by atoms with Gasteiger partial charge >= 0.3 is 5.97 Å². The van der Waals surface area contributed by atoms with Crippen LogP contribution in [0.25, 0.3) is 0 Å². The van der Waals surface area contributed by atoms with Gasteiger partial charge in [0.25, 0.3) is 0 Å². The molecule has 0 saturated heterocycles. The van der Waals surface area contributed by atoms with Gasteiger partial charge in [-0.3, -0.25) is 9.59 Å². The lowest BCUT2D eigenvalue weighted by Gasteiger charge is -2.20. The summed E-state index contributed by atoms with van der Waals surface area (Å²) in [5.74, 6) is -0.0498. The summed E-state index contributed by atoms with van der Waals surface area (Å²) in [6.45, 7) is 4.91. The molecule has 3 N–H and O–H groups in total. The standard InChI is InChI=1S/C78H147NO5/c1-3-5-7-9-11-13-15-17-19-39-44-48-52-56-60-64-68-72-78(83)84-73-69-65-61-57-53-49-45-41-38-36-34-32-30-28-26-24-22-20-21-23-25-27-29-31-33-35-37-40-43-47-51-55-59-63-67-71-77(82)79-75(74-80)76(81)70-66-62-58-54-50-46-42-18-16-14-12-10-8-6-4-2/h11,13,17,19,22,24,66,70,75-76,80-81H,3-10,12,14-16,18,20-21,23,25-65,67-69,71-74H2,1-2H3,(H,79,82)/b13-11-,19-17-,24-22-,70-66+. The SMILES string of the molecule is CCCCC/C=C\C/C=C\CCCCCCCCCC(=O)OCCCCCCCCCCCCCCCC/C=C\CCCCCCCCCCCCCCCCCCCC(=O)NC(CO)C(O)/C=C/CCCCCCCCCCCCCCC. The number of rotatable bonds is 71. The molecule has 6 heteroatoms. The van der Waals surface area contributed by atoms with Crippen molar-refractivity contribution in [3.05, 3.63) is 48.6 Å². The normalized spacial score (nSPS) is 12.8. The van der Waals surface area contributed by atoms with Gasteiger partial charge < -0.3 is 20.3 Å². The predicted molar refractivity (Wildman–Crippen MR) is 370 cm³/mol. The van der Waals surface area contributed by atoms with Gasteiger partial charge in [0.05, 0.1) is 25.4 Å². The molecule has 0 bridgehead atoms. The zero-order chi connectivity index (χ0) is 60.6. The monoisotopic (exact) mass is 1180 g/mol. The first kappa shape index (κ1) is 81.8. The van der Waals surface area contributed by atoms with Gasteiger partial charge in [0.2, 0.25) is 5.91 Å². The first-order valence-corrected chi connectivity index (χ1v) is 37.9. The van der Waals surface area contributed by atoms with E-state index in [2.05, 4.69) is 55.6 Å². The van der Waals surface area contributed by atoms with Gasteiger partial charge in [-0.05, 0) is 89.9 Å². The summed E-state index contributed by atoms with van der Waals surface area (Å²) in [6, 6.07) is -0.625. The Kier molecular flexibility index (Phi) is 71.4. The molecule has 0 saturated carbocycles. The number of amides is 1. The first-order valence-electron chi connectivity index (χ1n) is 37.9. The summed E-state index contributed by atoms with van der Waals surface area (Å²) in [5, 5.41) is 23.2. The van der Waals surface area contributed by atoms with E-state index < -0.39 is 12.1 Å². The second-order valence-electron chi connectivity index (χ2n) is 26.0. The van der Waals surface area contributed by atoms with Crippen LogP contribution in [0.15, 0.2) is 48.6 Å². The highest BCUT2D eigenvalue weighted by atomic mass is 16.5. The Morgan fingerprint density at radius 1 is 0.333 bits per heavy atom. The number of hydrogen-bond donors (Lipinski definition) is 3. The maximum Gasteiger partial charge on any atom is 0.305 e. The van der Waals surface area contributed by atoms with Crippen LogP contribution in [0.3, 0.4) is 0 Å². The molecule has 0 heterocycles. The zero-order valence-electron chi connectivity index (χ0n) is 56.6. The Bertz CT molecular complexity index is 1400. The minimum Gasteiger partial charge on any atom is -0.466 e. The Balaban J connectivity index is 3.35. The third-order valence-corrected chi connectivity index (χ3v) is 17.6. The molecule has 0 aliphatic heterocycles. The van der Waals surface area contributed by atoms with E-state index in [4.69, 9.17) is 4.74 Å². The van der Waals surface area contributed by atoms with Crippen molar-refractivity contribution in [1.82, 2.24) is 5.32 Å². The summed E-state index contributed by atoms with van der Waals surface area (Å²) >= 11 is 0. The van der Waals surface area contributed by atoms with Gasteiger partial charge in [0.1, 0.15) is 0 Å². The average Bonchev–Trinajstić information content (AvgIpc) is 3.53. The van der Waals surface area contributed by atoms with Crippen LogP contribution in [0.5, 0.6) is 0 Å². The predicted octanol–water partition coefficient (Wildman–Crippen LogP) is 24.8. The number of aliphatic hydroxyl groups is 2. The summed E-state index contributed by atoms with van der Waals surface area (Å²) < 4.78 is 5.50. The van der Waals surface area contributed by atoms with Crippen molar-refractivity contribution in [3.8, 4) is 0 Å². The molecular formula is C78H147NO5. The highest BCUT2D eigenvalue weighted by Gasteiger charge is 2.18. The van der Waals surface area contributed by atoms with Crippen LogP contribution < -0.4 is 5.32 Å². The molecule has 0 rings (SSSR count). The Hall–Kier alpha value is -2.18. The molecule has 0 radical (unpaired) electrons. The van der Waals surface area contributed by atoms with E-state index >= 15 is 0 Å². The fourth-order valence-electron chi connectivity index (χ4n) is 11.8. The lowest BCUT2D eigenvalue weighted by molar-refractivity contribution is -0.143. The smallest absolute Gasteiger partial charge is 0.305 e. The first-order chi connectivity index (χ1) is 41.5. The fourth-order valence-corrected chi connectivity index (χ4v) is 11.8. The average molecular weight is 1180 g/mol. The van der Waals surface area contributed by atoms with E-state index in [1.54, 1.807) is 6.08 Å². The topological polar surface area (TPSA) is 95.9 Å². The van der Waals surface area contributed by atoms with Crippen molar-refractivity contribution in [2.75, 3.05) is 13.2 Å². The molecule has 1 amide bonds. The lowest BCUT2D eigenvalue weighted by atomic mass is 10.0. The van der Waals surface area contributed by atoms with Gasteiger partial charge in [0.15, 0.2) is 0 Å². The number of aliphatic hydroxyl groups excluding tert-OH is 2. The van der Waals surface area contributed by atoms with Gasteiger partial charge in [-0.1, -0.05) is 358 Å². The van der Waals surface area contributed by atoms with Crippen molar-refractivity contribution in [1.29, 1.82) is 0 Å². The fraction of sp³-hybridized carbons (Fsp3) is 0.872. The third kappa shape index (κ3) is 68.9. The van der Waals surface area contributed by atoms with Crippen LogP contribution in [0.1, 0.15) is 412 Å². The maximum absolute atomic E-state index is 12.5. The molecule has 0 aliphatic rings. The maximum atomic E-state index is 12.5. The second-order valence-corrected chi connectivity index (χ2v) is 26.0. The van der Waals surface area contributed by atoms with Crippen LogP contribution in [0.2, 0.25) is 0 Å². The van der Waals surface area contributed by atoms with Gasteiger partial charge in [-0.25, -0.2) is 0 Å². The summed E-state index contributed by atoms with van der Waals surface area (Å²) in [6.07, 6.45) is 96.5. The van der Waals surface area contributed by atoms with Crippen LogP contribution in [-0.2, 0) is 14.3 Å². The Morgan fingerprint density at radius 3 is 0.940 bits per heavy atom.